The summed E-state index contributed by atoms with van der Waals surface area (Å²) in [6.07, 6.45) is -0.00639. The number of aliphatic hydroxyl groups is 1. The molecule has 0 aliphatic rings. The Bertz CT molecular complexity index is 303. The number of carbonyl (C=O) groups excluding carboxylic acids is 1. The van der Waals surface area contributed by atoms with Crippen molar-refractivity contribution in [1.82, 2.24) is 0 Å². The SMILES string of the molecule is CCC(=O)c1cccc(C(C)O)c1. The summed E-state index contributed by atoms with van der Waals surface area (Å²) in [5.74, 6) is 0.113. The number of rotatable bonds is 3. The van der Waals surface area contributed by atoms with Gasteiger partial charge in [0.2, 0.25) is 0 Å². The molecule has 0 amide bonds. The minimum absolute atomic E-state index is 0.113. The van der Waals surface area contributed by atoms with Crippen LogP contribution in [0.15, 0.2) is 24.3 Å². The first-order valence-corrected chi connectivity index (χ1v) is 4.46. The quantitative estimate of drug-likeness (QED) is 0.721. The zero-order chi connectivity index (χ0) is 9.84. The number of Topliss-reactive ketones (excluding diaryl/α,β-unsaturated/α-hetero) is 1. The zero-order valence-electron chi connectivity index (χ0n) is 7.95. The van der Waals surface area contributed by atoms with Gasteiger partial charge in [-0.3, -0.25) is 4.79 Å². The Kier molecular flexibility index (Phi) is 3.20. The van der Waals surface area contributed by atoms with Crippen LogP contribution in [-0.4, -0.2) is 10.9 Å². The molecular weight excluding hydrogens is 164 g/mol. The summed E-state index contributed by atoms with van der Waals surface area (Å²) >= 11 is 0. The Morgan fingerprint density at radius 3 is 2.77 bits per heavy atom. The standard InChI is InChI=1S/C11H14O2/c1-3-11(13)10-6-4-5-9(7-10)8(2)12/h4-8,12H,3H2,1-2H3. The maximum absolute atomic E-state index is 11.3. The van der Waals surface area contributed by atoms with Crippen molar-refractivity contribution in [3.63, 3.8) is 0 Å². The van der Waals surface area contributed by atoms with Crippen molar-refractivity contribution < 1.29 is 9.90 Å². The van der Waals surface area contributed by atoms with E-state index >= 15 is 0 Å². The maximum Gasteiger partial charge on any atom is 0.162 e. The minimum Gasteiger partial charge on any atom is -0.389 e. The summed E-state index contributed by atoms with van der Waals surface area (Å²) in [5, 5.41) is 9.29. The van der Waals surface area contributed by atoms with Gasteiger partial charge in [-0.1, -0.05) is 25.1 Å². The number of hydrogen-bond acceptors (Lipinski definition) is 2. The van der Waals surface area contributed by atoms with Crippen LogP contribution in [0.2, 0.25) is 0 Å². The summed E-state index contributed by atoms with van der Waals surface area (Å²) in [6.45, 7) is 3.52. The number of aliphatic hydroxyl groups excluding tert-OH is 1. The van der Waals surface area contributed by atoms with Crippen molar-refractivity contribution in [3.05, 3.63) is 35.4 Å². The first kappa shape index (κ1) is 9.93. The van der Waals surface area contributed by atoms with Crippen LogP contribution in [0.1, 0.15) is 42.3 Å². The Morgan fingerprint density at radius 1 is 1.54 bits per heavy atom. The molecule has 0 spiro atoms. The Morgan fingerprint density at radius 2 is 2.23 bits per heavy atom. The summed E-state index contributed by atoms with van der Waals surface area (Å²) in [6, 6.07) is 7.14. The molecule has 0 saturated carbocycles. The van der Waals surface area contributed by atoms with Crippen molar-refractivity contribution in [3.8, 4) is 0 Å². The fraction of sp³-hybridized carbons (Fsp3) is 0.364. The van der Waals surface area contributed by atoms with Gasteiger partial charge in [0.25, 0.3) is 0 Å². The molecule has 1 unspecified atom stereocenters. The molecule has 1 aromatic rings. The van der Waals surface area contributed by atoms with E-state index in [-0.39, 0.29) is 5.78 Å². The highest BCUT2D eigenvalue weighted by atomic mass is 16.3. The molecule has 0 heterocycles. The average Bonchev–Trinajstić information content (AvgIpc) is 2.17. The molecule has 70 valence electrons. The third kappa shape index (κ3) is 2.39. The second-order valence-electron chi connectivity index (χ2n) is 3.08. The number of ketones is 1. The van der Waals surface area contributed by atoms with Crippen LogP contribution in [0.3, 0.4) is 0 Å². The molecule has 0 bridgehead atoms. The van der Waals surface area contributed by atoms with E-state index in [4.69, 9.17) is 0 Å². The number of carbonyl (C=O) groups is 1. The Labute approximate surface area is 78.2 Å². The van der Waals surface area contributed by atoms with Crippen LogP contribution in [0, 0.1) is 0 Å². The third-order valence-corrected chi connectivity index (χ3v) is 2.01. The monoisotopic (exact) mass is 178 g/mol. The smallest absolute Gasteiger partial charge is 0.162 e. The van der Waals surface area contributed by atoms with E-state index in [1.807, 2.05) is 13.0 Å². The van der Waals surface area contributed by atoms with Gasteiger partial charge < -0.3 is 5.11 Å². The van der Waals surface area contributed by atoms with E-state index in [9.17, 15) is 9.90 Å². The zero-order valence-corrected chi connectivity index (χ0v) is 7.95. The number of benzene rings is 1. The summed E-state index contributed by atoms with van der Waals surface area (Å²) in [7, 11) is 0. The highest BCUT2D eigenvalue weighted by molar-refractivity contribution is 5.95. The van der Waals surface area contributed by atoms with Crippen LogP contribution in [0.4, 0.5) is 0 Å². The van der Waals surface area contributed by atoms with Gasteiger partial charge in [-0.15, -0.1) is 0 Å². The third-order valence-electron chi connectivity index (χ3n) is 2.01. The fourth-order valence-corrected chi connectivity index (χ4v) is 1.18. The van der Waals surface area contributed by atoms with Crippen LogP contribution < -0.4 is 0 Å². The molecule has 0 aliphatic carbocycles. The normalized spacial score (nSPS) is 12.5. The van der Waals surface area contributed by atoms with Gasteiger partial charge >= 0.3 is 0 Å². The summed E-state index contributed by atoms with van der Waals surface area (Å²) < 4.78 is 0. The minimum atomic E-state index is -0.510. The van der Waals surface area contributed by atoms with Gasteiger partial charge in [-0.05, 0) is 18.6 Å². The maximum atomic E-state index is 11.3. The molecule has 13 heavy (non-hydrogen) atoms. The van der Waals surface area contributed by atoms with Crippen LogP contribution in [0.5, 0.6) is 0 Å². The van der Waals surface area contributed by atoms with Crippen LogP contribution in [-0.2, 0) is 0 Å². The molecule has 0 aromatic heterocycles. The molecule has 1 N–H and O–H groups in total. The predicted octanol–water partition coefficient (Wildman–Crippen LogP) is 2.33. The van der Waals surface area contributed by atoms with E-state index in [0.29, 0.717) is 12.0 Å². The molecule has 1 rings (SSSR count). The lowest BCUT2D eigenvalue weighted by atomic mass is 10.0. The fourth-order valence-electron chi connectivity index (χ4n) is 1.18. The van der Waals surface area contributed by atoms with Crippen molar-refractivity contribution in [2.45, 2.75) is 26.4 Å². The van der Waals surface area contributed by atoms with Gasteiger partial charge in [-0.25, -0.2) is 0 Å². The molecular formula is C11H14O2. The first-order chi connectivity index (χ1) is 6.15. The van der Waals surface area contributed by atoms with Gasteiger partial charge in [0.15, 0.2) is 5.78 Å². The topological polar surface area (TPSA) is 37.3 Å². The average molecular weight is 178 g/mol. The molecule has 1 atom stereocenters. The Hall–Kier alpha value is -1.15. The van der Waals surface area contributed by atoms with E-state index in [1.165, 1.54) is 0 Å². The van der Waals surface area contributed by atoms with Gasteiger partial charge in [0.1, 0.15) is 0 Å². The summed E-state index contributed by atoms with van der Waals surface area (Å²) in [4.78, 5) is 11.3. The molecule has 1 aromatic carbocycles. The molecule has 2 nitrogen and oxygen atoms in total. The second kappa shape index (κ2) is 4.19. The molecule has 2 heteroatoms. The molecule has 0 aliphatic heterocycles. The Balaban J connectivity index is 2.98. The van der Waals surface area contributed by atoms with Crippen LogP contribution >= 0.6 is 0 Å². The van der Waals surface area contributed by atoms with E-state index in [0.717, 1.165) is 5.56 Å². The summed E-state index contributed by atoms with van der Waals surface area (Å²) in [5.41, 5.74) is 1.47. The lowest BCUT2D eigenvalue weighted by molar-refractivity contribution is 0.0988. The van der Waals surface area contributed by atoms with Crippen LogP contribution in [0.25, 0.3) is 0 Å². The van der Waals surface area contributed by atoms with E-state index < -0.39 is 6.10 Å². The van der Waals surface area contributed by atoms with Gasteiger partial charge in [-0.2, -0.15) is 0 Å². The molecule has 0 radical (unpaired) electrons. The number of hydrogen-bond donors (Lipinski definition) is 1. The van der Waals surface area contributed by atoms with Gasteiger partial charge in [0.05, 0.1) is 6.10 Å². The molecule has 0 fully saturated rings. The van der Waals surface area contributed by atoms with E-state index in [1.54, 1.807) is 25.1 Å². The van der Waals surface area contributed by atoms with Crippen molar-refractivity contribution in [2.24, 2.45) is 0 Å². The lowest BCUT2D eigenvalue weighted by Gasteiger charge is -2.05. The van der Waals surface area contributed by atoms with Crippen molar-refractivity contribution in [2.75, 3.05) is 0 Å². The highest BCUT2D eigenvalue weighted by Crippen LogP contribution is 2.14. The largest absolute Gasteiger partial charge is 0.389 e. The second-order valence-corrected chi connectivity index (χ2v) is 3.08. The van der Waals surface area contributed by atoms with Gasteiger partial charge in [0, 0.05) is 12.0 Å². The van der Waals surface area contributed by atoms with E-state index in [2.05, 4.69) is 0 Å². The first-order valence-electron chi connectivity index (χ1n) is 4.46. The lowest BCUT2D eigenvalue weighted by Crippen LogP contribution is -1.99. The van der Waals surface area contributed by atoms with Crippen molar-refractivity contribution >= 4 is 5.78 Å². The molecule has 0 saturated heterocycles. The van der Waals surface area contributed by atoms with Crippen molar-refractivity contribution in [1.29, 1.82) is 0 Å². The highest BCUT2D eigenvalue weighted by Gasteiger charge is 2.05. The predicted molar refractivity (Wildman–Crippen MR) is 51.7 cm³/mol.